The number of nitro benzene ring substituents is 1. The topological polar surface area (TPSA) is 87.9 Å². The van der Waals surface area contributed by atoms with Crippen LogP contribution in [0.15, 0.2) is 36.1 Å². The molecule has 1 heterocycles. The van der Waals surface area contributed by atoms with Gasteiger partial charge in [-0.05, 0) is 36.5 Å². The van der Waals surface area contributed by atoms with Crippen LogP contribution in [0.3, 0.4) is 0 Å². The number of nitro groups is 1. The molecule has 0 aromatic heterocycles. The molecule has 0 amide bonds. The second-order valence-corrected chi connectivity index (χ2v) is 6.95. The summed E-state index contributed by atoms with van der Waals surface area (Å²) in [6.45, 7) is 1.34. The highest BCUT2D eigenvalue weighted by Crippen LogP contribution is 2.54. The summed E-state index contributed by atoms with van der Waals surface area (Å²) in [5.41, 5.74) is 0.347. The highest BCUT2D eigenvalue weighted by atomic mass is 16.7. The fourth-order valence-corrected chi connectivity index (χ4v) is 3.86. The minimum absolute atomic E-state index is 0.0501. The van der Waals surface area contributed by atoms with E-state index in [-0.39, 0.29) is 16.9 Å². The third-order valence-corrected chi connectivity index (χ3v) is 5.35. The molecule has 7 heteroatoms. The monoisotopic (exact) mass is 345 g/mol. The van der Waals surface area contributed by atoms with Crippen LogP contribution in [0.4, 0.5) is 5.69 Å². The van der Waals surface area contributed by atoms with Crippen molar-refractivity contribution >= 4 is 11.7 Å². The van der Waals surface area contributed by atoms with Gasteiger partial charge in [-0.1, -0.05) is 0 Å². The lowest BCUT2D eigenvalue weighted by molar-refractivity contribution is -0.384. The molecule has 3 aliphatic rings. The zero-order valence-electron chi connectivity index (χ0n) is 13.7. The van der Waals surface area contributed by atoms with E-state index in [4.69, 9.17) is 14.2 Å². The number of carbonyl (C=O) groups excluding carboxylic acids is 1. The maximum atomic E-state index is 12.1. The molecule has 2 aliphatic carbocycles. The molecule has 7 nitrogen and oxygen atoms in total. The van der Waals surface area contributed by atoms with Crippen LogP contribution in [-0.2, 0) is 14.2 Å². The molecule has 0 bridgehead atoms. The fourth-order valence-electron chi connectivity index (χ4n) is 3.86. The number of nitrogens with zero attached hydrogens (tertiary/aromatic N) is 1. The van der Waals surface area contributed by atoms with Crippen molar-refractivity contribution < 1.29 is 23.9 Å². The lowest BCUT2D eigenvalue weighted by Gasteiger charge is -2.46. The summed E-state index contributed by atoms with van der Waals surface area (Å²) in [7, 11) is 0. The van der Waals surface area contributed by atoms with Gasteiger partial charge < -0.3 is 14.2 Å². The molecule has 1 aliphatic heterocycles. The third-order valence-electron chi connectivity index (χ3n) is 5.35. The van der Waals surface area contributed by atoms with Crippen LogP contribution in [0, 0.1) is 15.5 Å². The zero-order chi connectivity index (χ0) is 17.5. The highest BCUT2D eigenvalue weighted by Gasteiger charge is 2.49. The van der Waals surface area contributed by atoms with Crippen molar-refractivity contribution in [1.82, 2.24) is 0 Å². The number of non-ortho nitro benzene ring substituents is 1. The molecule has 0 atom stereocenters. The average molecular weight is 345 g/mol. The van der Waals surface area contributed by atoms with Gasteiger partial charge >= 0.3 is 5.97 Å². The van der Waals surface area contributed by atoms with Crippen LogP contribution in [0.5, 0.6) is 0 Å². The average Bonchev–Trinajstić information content (AvgIpc) is 3.04. The number of hydrogen-bond acceptors (Lipinski definition) is 6. The van der Waals surface area contributed by atoms with E-state index >= 15 is 0 Å². The van der Waals surface area contributed by atoms with E-state index in [1.54, 1.807) is 0 Å². The summed E-state index contributed by atoms with van der Waals surface area (Å²) in [5, 5.41) is 10.6. The van der Waals surface area contributed by atoms with Gasteiger partial charge in [-0.3, -0.25) is 10.1 Å². The number of rotatable bonds is 3. The van der Waals surface area contributed by atoms with Crippen molar-refractivity contribution in [2.24, 2.45) is 5.41 Å². The Hall–Kier alpha value is -2.25. The van der Waals surface area contributed by atoms with Gasteiger partial charge in [-0.25, -0.2) is 4.79 Å². The van der Waals surface area contributed by atoms with Crippen molar-refractivity contribution in [3.8, 4) is 0 Å². The maximum Gasteiger partial charge on any atom is 0.343 e. The predicted molar refractivity (Wildman–Crippen MR) is 86.7 cm³/mol. The van der Waals surface area contributed by atoms with Gasteiger partial charge in [0.25, 0.3) is 5.69 Å². The van der Waals surface area contributed by atoms with Gasteiger partial charge in [0.2, 0.25) is 0 Å². The number of hydrogen-bond donors (Lipinski definition) is 0. The Morgan fingerprint density at radius 2 is 1.68 bits per heavy atom. The Morgan fingerprint density at radius 3 is 2.24 bits per heavy atom. The lowest BCUT2D eigenvalue weighted by atomic mass is 9.64. The van der Waals surface area contributed by atoms with E-state index in [0.717, 1.165) is 32.1 Å². The molecule has 2 fully saturated rings. The molecule has 25 heavy (non-hydrogen) atoms. The first kappa shape index (κ1) is 16.2. The normalized spacial score (nSPS) is 23.1. The summed E-state index contributed by atoms with van der Waals surface area (Å²) < 4.78 is 16.9. The molecule has 1 aromatic rings. The Bertz CT molecular complexity index is 722. The summed E-state index contributed by atoms with van der Waals surface area (Å²) in [4.78, 5) is 22.3. The van der Waals surface area contributed by atoms with Crippen LogP contribution in [-0.4, -0.2) is 29.9 Å². The van der Waals surface area contributed by atoms with E-state index < -0.39 is 10.9 Å². The Kier molecular flexibility index (Phi) is 3.85. The summed E-state index contributed by atoms with van der Waals surface area (Å²) in [6, 6.07) is 5.42. The largest absolute Gasteiger partial charge is 0.428 e. The predicted octanol–water partition coefficient (Wildman–Crippen LogP) is 3.34. The Morgan fingerprint density at radius 1 is 1.08 bits per heavy atom. The van der Waals surface area contributed by atoms with Gasteiger partial charge in [0.15, 0.2) is 5.79 Å². The van der Waals surface area contributed by atoms with Crippen molar-refractivity contribution in [3.05, 3.63) is 51.8 Å². The van der Waals surface area contributed by atoms with Crippen LogP contribution in [0.25, 0.3) is 0 Å². The molecule has 132 valence electrons. The number of benzene rings is 1. The quantitative estimate of drug-likeness (QED) is 0.474. The minimum atomic E-state index is -0.499. The first-order valence-corrected chi connectivity index (χ1v) is 8.46. The van der Waals surface area contributed by atoms with Gasteiger partial charge in [0, 0.05) is 31.4 Å². The first-order chi connectivity index (χ1) is 12.0. The summed E-state index contributed by atoms with van der Waals surface area (Å²) in [5.74, 6) is -0.192. The fraction of sp³-hybridized carbons (Fsp3) is 0.500. The number of ether oxygens (including phenoxy) is 3. The standard InChI is InChI=1S/C18H19NO6/c20-16(13-1-3-14(4-2-13)19(21)22)25-15-11-17(12-15)5-7-18(8-6-17)23-9-10-24-18/h1-4,11H,5-10,12H2. The van der Waals surface area contributed by atoms with Gasteiger partial charge in [0.1, 0.15) is 5.76 Å². The summed E-state index contributed by atoms with van der Waals surface area (Å²) in [6.07, 6.45) is 6.44. The minimum Gasteiger partial charge on any atom is -0.428 e. The van der Waals surface area contributed by atoms with E-state index in [0.29, 0.717) is 24.5 Å². The van der Waals surface area contributed by atoms with Crippen LogP contribution in [0.2, 0.25) is 0 Å². The van der Waals surface area contributed by atoms with E-state index in [2.05, 4.69) is 0 Å². The zero-order valence-corrected chi connectivity index (χ0v) is 13.7. The molecular formula is C18H19NO6. The summed E-state index contributed by atoms with van der Waals surface area (Å²) >= 11 is 0. The smallest absolute Gasteiger partial charge is 0.343 e. The third kappa shape index (κ3) is 3.05. The lowest BCUT2D eigenvalue weighted by Crippen LogP contribution is -2.42. The molecule has 4 rings (SSSR count). The molecule has 0 radical (unpaired) electrons. The van der Waals surface area contributed by atoms with Crippen molar-refractivity contribution in [2.45, 2.75) is 37.9 Å². The van der Waals surface area contributed by atoms with Crippen LogP contribution >= 0.6 is 0 Å². The Balaban J connectivity index is 1.34. The van der Waals surface area contributed by atoms with Gasteiger partial charge in [0.05, 0.1) is 23.7 Å². The van der Waals surface area contributed by atoms with E-state index in [1.807, 2.05) is 6.08 Å². The number of carbonyl (C=O) groups is 1. The second kappa shape index (κ2) is 5.93. The molecular weight excluding hydrogens is 326 g/mol. The van der Waals surface area contributed by atoms with Crippen molar-refractivity contribution in [3.63, 3.8) is 0 Å². The molecule has 2 spiro atoms. The molecule has 1 saturated carbocycles. The van der Waals surface area contributed by atoms with Crippen molar-refractivity contribution in [2.75, 3.05) is 13.2 Å². The Labute approximate surface area is 144 Å². The second-order valence-electron chi connectivity index (χ2n) is 6.95. The van der Waals surface area contributed by atoms with Gasteiger partial charge in [-0.2, -0.15) is 0 Å². The van der Waals surface area contributed by atoms with Crippen LogP contribution in [0.1, 0.15) is 42.5 Å². The maximum absolute atomic E-state index is 12.1. The highest BCUT2D eigenvalue weighted by molar-refractivity contribution is 5.90. The van der Waals surface area contributed by atoms with E-state index in [9.17, 15) is 14.9 Å². The molecule has 0 unspecified atom stereocenters. The van der Waals surface area contributed by atoms with E-state index in [1.165, 1.54) is 24.3 Å². The van der Waals surface area contributed by atoms with Crippen molar-refractivity contribution in [1.29, 1.82) is 0 Å². The number of esters is 1. The SMILES string of the molecule is O=C(OC1=CC2(CCC3(CC2)OCCO3)C1)c1ccc([N+](=O)[O-])cc1. The number of allylic oxidation sites excluding steroid dienone is 2. The first-order valence-electron chi connectivity index (χ1n) is 8.46. The van der Waals surface area contributed by atoms with Crippen LogP contribution < -0.4 is 0 Å². The molecule has 1 aromatic carbocycles. The van der Waals surface area contributed by atoms with Gasteiger partial charge in [-0.15, -0.1) is 0 Å². The molecule has 1 saturated heterocycles. The molecule has 0 N–H and O–H groups in total.